The predicted octanol–water partition coefficient (Wildman–Crippen LogP) is 2.83. The molecule has 4 heteroatoms. The Balaban J connectivity index is 1.89. The first-order valence-electron chi connectivity index (χ1n) is 7.03. The van der Waals surface area contributed by atoms with Crippen molar-refractivity contribution in [3.8, 4) is 0 Å². The van der Waals surface area contributed by atoms with E-state index in [1.54, 1.807) is 36.4 Å². The number of hydrogen-bond acceptors (Lipinski definition) is 3. The summed E-state index contributed by atoms with van der Waals surface area (Å²) in [4.78, 5) is 26.9. The average molecular weight is 293 g/mol. The van der Waals surface area contributed by atoms with Crippen molar-refractivity contribution in [2.45, 2.75) is 12.5 Å². The highest BCUT2D eigenvalue weighted by Gasteiger charge is 2.17. The van der Waals surface area contributed by atoms with Gasteiger partial charge >= 0.3 is 0 Å². The van der Waals surface area contributed by atoms with Gasteiger partial charge in [0.1, 0.15) is 0 Å². The zero-order valence-electron chi connectivity index (χ0n) is 11.8. The van der Waals surface area contributed by atoms with Crippen molar-refractivity contribution >= 4 is 16.7 Å². The maximum Gasteiger partial charge on any atom is 0.254 e. The molecular weight excluding hydrogens is 278 g/mol. The van der Waals surface area contributed by atoms with E-state index in [9.17, 15) is 14.7 Å². The fraction of sp³-hybridized carbons (Fsp3) is 0.111. The number of Topliss-reactive ketones (excluding diaryl/α,β-unsaturated/α-hetero) is 1. The number of carbonyl (C=O) groups excluding carboxylic acids is 1. The van der Waals surface area contributed by atoms with Gasteiger partial charge in [0.15, 0.2) is 5.78 Å². The zero-order chi connectivity index (χ0) is 15.5. The van der Waals surface area contributed by atoms with Crippen molar-refractivity contribution in [3.63, 3.8) is 0 Å². The summed E-state index contributed by atoms with van der Waals surface area (Å²) < 4.78 is 0. The van der Waals surface area contributed by atoms with Crippen LogP contribution in [0.25, 0.3) is 10.9 Å². The van der Waals surface area contributed by atoms with Crippen LogP contribution in [0.3, 0.4) is 0 Å². The molecule has 0 aliphatic heterocycles. The van der Waals surface area contributed by atoms with Gasteiger partial charge in [0.2, 0.25) is 0 Å². The quantitative estimate of drug-likeness (QED) is 0.727. The molecule has 2 N–H and O–H groups in total. The zero-order valence-corrected chi connectivity index (χ0v) is 11.8. The Hall–Kier alpha value is -2.72. The van der Waals surface area contributed by atoms with Crippen LogP contribution in [0.15, 0.2) is 65.5 Å². The summed E-state index contributed by atoms with van der Waals surface area (Å²) in [5, 5.41) is 11.1. The minimum atomic E-state index is -1.12. The minimum Gasteiger partial charge on any atom is -0.388 e. The number of hydrogen-bond donors (Lipinski definition) is 2. The molecular formula is C18H15NO3. The number of aliphatic hydroxyl groups excluding tert-OH is 1. The fourth-order valence-electron chi connectivity index (χ4n) is 2.44. The number of pyridine rings is 1. The molecule has 0 saturated carbocycles. The Morgan fingerprint density at radius 3 is 2.50 bits per heavy atom. The van der Waals surface area contributed by atoms with Crippen molar-refractivity contribution in [2.75, 3.05) is 0 Å². The molecule has 22 heavy (non-hydrogen) atoms. The Morgan fingerprint density at radius 1 is 1.05 bits per heavy atom. The van der Waals surface area contributed by atoms with Crippen LogP contribution in [0.2, 0.25) is 0 Å². The van der Waals surface area contributed by atoms with Crippen molar-refractivity contribution in [1.29, 1.82) is 0 Å². The lowest BCUT2D eigenvalue weighted by atomic mass is 10.00. The molecule has 0 radical (unpaired) electrons. The Morgan fingerprint density at radius 2 is 1.73 bits per heavy atom. The van der Waals surface area contributed by atoms with Gasteiger partial charge in [-0.1, -0.05) is 48.5 Å². The average Bonchev–Trinajstić information content (AvgIpc) is 2.54. The topological polar surface area (TPSA) is 70.2 Å². The van der Waals surface area contributed by atoms with Crippen molar-refractivity contribution in [2.24, 2.45) is 0 Å². The molecule has 0 spiro atoms. The monoisotopic (exact) mass is 293 g/mol. The van der Waals surface area contributed by atoms with E-state index < -0.39 is 6.10 Å². The smallest absolute Gasteiger partial charge is 0.254 e. The molecule has 0 aliphatic carbocycles. The lowest BCUT2D eigenvalue weighted by molar-refractivity contribution is 0.0878. The number of nitrogens with one attached hydrogen (secondary N) is 1. The Kier molecular flexibility index (Phi) is 3.85. The summed E-state index contributed by atoms with van der Waals surface area (Å²) in [6, 6.07) is 17.7. The highest BCUT2D eigenvalue weighted by Crippen LogP contribution is 2.19. The normalized spacial score (nSPS) is 12.2. The Labute approximate surface area is 127 Å². The molecule has 4 nitrogen and oxygen atoms in total. The second kappa shape index (κ2) is 5.95. The summed E-state index contributed by atoms with van der Waals surface area (Å²) in [7, 11) is 0. The van der Waals surface area contributed by atoms with Gasteiger partial charge in [-0.25, -0.2) is 0 Å². The van der Waals surface area contributed by atoms with Gasteiger partial charge in [-0.3, -0.25) is 9.59 Å². The molecule has 2 aromatic carbocycles. The lowest BCUT2D eigenvalue weighted by Crippen LogP contribution is -2.18. The van der Waals surface area contributed by atoms with Gasteiger partial charge in [-0.15, -0.1) is 0 Å². The number of ketones is 1. The number of aromatic nitrogens is 1. The van der Waals surface area contributed by atoms with Crippen LogP contribution < -0.4 is 5.56 Å². The largest absolute Gasteiger partial charge is 0.388 e. The molecule has 1 unspecified atom stereocenters. The molecule has 110 valence electrons. The maximum absolute atomic E-state index is 12.1. The highest BCUT2D eigenvalue weighted by atomic mass is 16.3. The number of para-hydroxylation sites is 1. The summed E-state index contributed by atoms with van der Waals surface area (Å²) >= 11 is 0. The molecule has 1 aromatic heterocycles. The third-order valence-electron chi connectivity index (χ3n) is 3.62. The van der Waals surface area contributed by atoms with E-state index >= 15 is 0 Å². The number of benzene rings is 2. The van der Waals surface area contributed by atoms with Crippen LogP contribution >= 0.6 is 0 Å². The van der Waals surface area contributed by atoms with Gasteiger partial charge < -0.3 is 10.1 Å². The van der Waals surface area contributed by atoms with Gasteiger partial charge in [-0.05, 0) is 17.5 Å². The number of rotatable bonds is 4. The molecule has 0 aliphatic rings. The van der Waals surface area contributed by atoms with Gasteiger partial charge in [-0.2, -0.15) is 0 Å². The van der Waals surface area contributed by atoms with Crippen LogP contribution in [0.5, 0.6) is 0 Å². The Bertz CT molecular complexity index is 868. The highest BCUT2D eigenvalue weighted by molar-refractivity contribution is 5.96. The number of fused-ring (bicyclic) bond motifs is 1. The summed E-state index contributed by atoms with van der Waals surface area (Å²) in [5.74, 6) is -0.194. The van der Waals surface area contributed by atoms with E-state index in [1.165, 1.54) is 0 Å². The lowest BCUT2D eigenvalue weighted by Gasteiger charge is -2.10. The summed E-state index contributed by atoms with van der Waals surface area (Å²) in [6.45, 7) is 0. The third kappa shape index (κ3) is 2.82. The van der Waals surface area contributed by atoms with Crippen molar-refractivity contribution in [3.05, 3.63) is 82.1 Å². The maximum atomic E-state index is 12.1. The molecule has 0 saturated heterocycles. The SMILES string of the molecule is O=C(CC(O)c1cc2ccccc2[nH]c1=O)c1ccccc1. The first-order chi connectivity index (χ1) is 10.6. The second-order valence-corrected chi connectivity index (χ2v) is 5.15. The van der Waals surface area contributed by atoms with E-state index in [1.807, 2.05) is 24.3 Å². The number of H-pyrrole nitrogens is 1. The van der Waals surface area contributed by atoms with Crippen molar-refractivity contribution in [1.82, 2.24) is 4.98 Å². The van der Waals surface area contributed by atoms with E-state index in [0.29, 0.717) is 11.1 Å². The number of carbonyl (C=O) groups is 1. The molecule has 3 rings (SSSR count). The van der Waals surface area contributed by atoms with Crippen LogP contribution in [0.1, 0.15) is 28.4 Å². The number of aliphatic hydroxyl groups is 1. The fourth-order valence-corrected chi connectivity index (χ4v) is 2.44. The second-order valence-electron chi connectivity index (χ2n) is 5.15. The van der Waals surface area contributed by atoms with Crippen LogP contribution in [-0.2, 0) is 0 Å². The van der Waals surface area contributed by atoms with Gasteiger partial charge in [0.25, 0.3) is 5.56 Å². The molecule has 1 heterocycles. The van der Waals surface area contributed by atoms with E-state index in [-0.39, 0.29) is 23.3 Å². The minimum absolute atomic E-state index is 0.120. The van der Waals surface area contributed by atoms with Crippen LogP contribution in [0, 0.1) is 0 Å². The van der Waals surface area contributed by atoms with Gasteiger partial charge in [0, 0.05) is 23.1 Å². The van der Waals surface area contributed by atoms with E-state index in [0.717, 1.165) is 5.39 Å². The van der Waals surface area contributed by atoms with Gasteiger partial charge in [0.05, 0.1) is 6.10 Å². The predicted molar refractivity (Wildman–Crippen MR) is 84.9 cm³/mol. The number of aromatic amines is 1. The third-order valence-corrected chi connectivity index (χ3v) is 3.62. The van der Waals surface area contributed by atoms with E-state index in [2.05, 4.69) is 4.98 Å². The standard InChI is InChI=1S/C18H15NO3/c20-16(12-6-2-1-3-7-12)11-17(21)14-10-13-8-4-5-9-15(13)19-18(14)22/h1-10,17,21H,11H2,(H,19,22). The first kappa shape index (κ1) is 14.2. The summed E-state index contributed by atoms with van der Waals surface area (Å²) in [6.07, 6.45) is -1.24. The summed E-state index contributed by atoms with van der Waals surface area (Å²) in [5.41, 5.74) is 1.08. The van der Waals surface area contributed by atoms with Crippen molar-refractivity contribution < 1.29 is 9.90 Å². The molecule has 0 bridgehead atoms. The first-order valence-corrected chi connectivity index (χ1v) is 7.03. The molecule has 1 atom stereocenters. The van der Waals surface area contributed by atoms with Crippen LogP contribution in [-0.4, -0.2) is 15.9 Å². The van der Waals surface area contributed by atoms with E-state index in [4.69, 9.17) is 0 Å². The van der Waals surface area contributed by atoms with Crippen LogP contribution in [0.4, 0.5) is 0 Å². The molecule has 3 aromatic rings. The molecule has 0 fully saturated rings. The molecule has 0 amide bonds.